The molecule has 0 unspecified atom stereocenters. The maximum Gasteiger partial charge on any atom is 0.411 e. The normalized spacial score (nSPS) is 12.0. The summed E-state index contributed by atoms with van der Waals surface area (Å²) in [5.74, 6) is -0.568. The van der Waals surface area contributed by atoms with Gasteiger partial charge in [-0.05, 0) is 32.0 Å². The monoisotopic (exact) mass is 332 g/mol. The topological polar surface area (TPSA) is 41.6 Å². The third-order valence-electron chi connectivity index (χ3n) is 3.39. The Labute approximate surface area is 134 Å². The minimum Gasteiger partial charge on any atom is -0.362 e. The molecule has 0 saturated carbocycles. The fraction of sp³-hybridized carbons (Fsp3) is 0.562. The van der Waals surface area contributed by atoms with E-state index in [0.29, 0.717) is 6.04 Å². The number of halogens is 3. The summed E-state index contributed by atoms with van der Waals surface area (Å²) in [4.78, 5) is 13.7. The third kappa shape index (κ3) is 7.99. The van der Waals surface area contributed by atoms with Crippen LogP contribution >= 0.6 is 0 Å². The predicted octanol–water partition coefficient (Wildman–Crippen LogP) is 2.72. The van der Waals surface area contributed by atoms with Crippen LogP contribution in [0.25, 0.3) is 0 Å². The van der Waals surface area contributed by atoms with Crippen molar-refractivity contribution >= 4 is 5.91 Å². The first-order valence-electron chi connectivity index (χ1n) is 7.37. The van der Waals surface area contributed by atoms with Crippen molar-refractivity contribution in [1.29, 1.82) is 0 Å². The molecule has 0 spiro atoms. The summed E-state index contributed by atoms with van der Waals surface area (Å²) in [5, 5.41) is 2.58. The van der Waals surface area contributed by atoms with Gasteiger partial charge in [0.2, 0.25) is 5.91 Å². The van der Waals surface area contributed by atoms with Crippen LogP contribution in [-0.2, 0) is 22.6 Å². The van der Waals surface area contributed by atoms with Gasteiger partial charge >= 0.3 is 6.18 Å². The van der Waals surface area contributed by atoms with E-state index < -0.39 is 25.3 Å². The Hall–Kier alpha value is -1.60. The highest BCUT2D eigenvalue weighted by molar-refractivity contribution is 5.77. The Morgan fingerprint density at radius 2 is 1.87 bits per heavy atom. The lowest BCUT2D eigenvalue weighted by molar-refractivity contribution is -0.175. The molecule has 0 saturated heterocycles. The molecular weight excluding hydrogens is 309 g/mol. The van der Waals surface area contributed by atoms with E-state index in [1.54, 1.807) is 0 Å². The Morgan fingerprint density at radius 3 is 2.43 bits per heavy atom. The molecule has 4 nitrogen and oxygen atoms in total. The maximum atomic E-state index is 11.9. The summed E-state index contributed by atoms with van der Waals surface area (Å²) in [6.45, 7) is 3.14. The third-order valence-corrected chi connectivity index (χ3v) is 3.39. The zero-order valence-corrected chi connectivity index (χ0v) is 13.6. The number of carbonyl (C=O) groups is 1. The molecule has 0 fully saturated rings. The van der Waals surface area contributed by atoms with Gasteiger partial charge < -0.3 is 10.1 Å². The van der Waals surface area contributed by atoms with Gasteiger partial charge in [0.15, 0.2) is 0 Å². The van der Waals surface area contributed by atoms with Crippen molar-refractivity contribution in [3.8, 4) is 0 Å². The highest BCUT2D eigenvalue weighted by Gasteiger charge is 2.27. The average molecular weight is 332 g/mol. The Bertz CT molecular complexity index is 504. The number of amides is 1. The fourth-order valence-electron chi connectivity index (χ4n) is 1.84. The Kier molecular flexibility index (Phi) is 7.51. The summed E-state index contributed by atoms with van der Waals surface area (Å²) < 4.78 is 40.1. The summed E-state index contributed by atoms with van der Waals surface area (Å²) in [7, 11) is 2.00. The van der Waals surface area contributed by atoms with Gasteiger partial charge in [0, 0.05) is 19.1 Å². The van der Waals surface area contributed by atoms with Gasteiger partial charge in [0.1, 0.15) is 13.2 Å². The van der Waals surface area contributed by atoms with Gasteiger partial charge in [-0.15, -0.1) is 0 Å². The van der Waals surface area contributed by atoms with Gasteiger partial charge in [-0.1, -0.05) is 24.3 Å². The molecule has 1 aromatic rings. The number of ether oxygens (including phenoxy) is 1. The van der Waals surface area contributed by atoms with Crippen molar-refractivity contribution in [3.05, 3.63) is 35.4 Å². The summed E-state index contributed by atoms with van der Waals surface area (Å²) >= 11 is 0. The molecule has 1 amide bonds. The van der Waals surface area contributed by atoms with Gasteiger partial charge in [0.05, 0.1) is 0 Å². The van der Waals surface area contributed by atoms with E-state index in [0.717, 1.165) is 17.7 Å². The lowest BCUT2D eigenvalue weighted by Gasteiger charge is -2.22. The van der Waals surface area contributed by atoms with E-state index in [1.165, 1.54) is 0 Å². The van der Waals surface area contributed by atoms with Gasteiger partial charge in [-0.2, -0.15) is 13.2 Å². The first-order chi connectivity index (χ1) is 10.7. The Morgan fingerprint density at radius 1 is 1.26 bits per heavy atom. The summed E-state index contributed by atoms with van der Waals surface area (Å²) in [6, 6.07) is 8.02. The maximum absolute atomic E-state index is 11.9. The molecule has 0 heterocycles. The van der Waals surface area contributed by atoms with Crippen LogP contribution in [0.15, 0.2) is 24.3 Å². The molecule has 7 heteroatoms. The van der Waals surface area contributed by atoms with Gasteiger partial charge in [0.25, 0.3) is 0 Å². The predicted molar refractivity (Wildman–Crippen MR) is 81.8 cm³/mol. The highest BCUT2D eigenvalue weighted by Crippen LogP contribution is 2.14. The van der Waals surface area contributed by atoms with Crippen LogP contribution in [0.1, 0.15) is 25.0 Å². The molecule has 1 N–H and O–H groups in total. The number of nitrogens with zero attached hydrogens (tertiary/aromatic N) is 1. The van der Waals surface area contributed by atoms with Crippen molar-refractivity contribution in [2.45, 2.75) is 39.2 Å². The molecule has 0 aliphatic heterocycles. The van der Waals surface area contributed by atoms with Crippen LogP contribution in [-0.4, -0.2) is 43.3 Å². The van der Waals surface area contributed by atoms with Crippen molar-refractivity contribution in [3.63, 3.8) is 0 Å². The van der Waals surface area contributed by atoms with Crippen LogP contribution in [0, 0.1) is 0 Å². The van der Waals surface area contributed by atoms with Crippen molar-refractivity contribution in [1.82, 2.24) is 10.2 Å². The zero-order valence-electron chi connectivity index (χ0n) is 13.6. The minimum absolute atomic E-state index is 0.260. The fourth-order valence-corrected chi connectivity index (χ4v) is 1.84. The molecule has 0 aliphatic rings. The van der Waals surface area contributed by atoms with Crippen molar-refractivity contribution < 1.29 is 22.7 Å². The average Bonchev–Trinajstić information content (AvgIpc) is 2.44. The molecule has 0 aromatic heterocycles. The van der Waals surface area contributed by atoms with E-state index in [9.17, 15) is 18.0 Å². The smallest absolute Gasteiger partial charge is 0.362 e. The van der Waals surface area contributed by atoms with Crippen molar-refractivity contribution in [2.75, 3.05) is 20.3 Å². The van der Waals surface area contributed by atoms with Crippen molar-refractivity contribution in [2.24, 2.45) is 0 Å². The second kappa shape index (κ2) is 8.88. The first kappa shape index (κ1) is 19.4. The standard InChI is InChI=1S/C16H23F3N2O2/c1-12(2)21(3)9-14-7-5-4-6-13(14)8-20-15(22)10-23-11-16(17,18)19/h4-7,12H,8-11H2,1-3H3,(H,20,22). The number of hydrogen-bond acceptors (Lipinski definition) is 3. The SMILES string of the molecule is CC(C)N(C)Cc1ccccc1CNC(=O)COCC(F)(F)F. The second-order valence-corrected chi connectivity index (χ2v) is 5.66. The van der Waals surface area contributed by atoms with Crippen LogP contribution in [0.2, 0.25) is 0 Å². The number of rotatable bonds is 8. The zero-order chi connectivity index (χ0) is 17.5. The second-order valence-electron chi connectivity index (χ2n) is 5.66. The molecule has 0 bridgehead atoms. The Balaban J connectivity index is 2.49. The van der Waals surface area contributed by atoms with Gasteiger partial charge in [-0.25, -0.2) is 0 Å². The minimum atomic E-state index is -4.42. The number of alkyl halides is 3. The van der Waals surface area contributed by atoms with Crippen LogP contribution in [0.5, 0.6) is 0 Å². The molecule has 0 radical (unpaired) electrons. The van der Waals surface area contributed by atoms with Crippen LogP contribution in [0.4, 0.5) is 13.2 Å². The summed E-state index contributed by atoms with van der Waals surface area (Å²) in [5.41, 5.74) is 2.00. The van der Waals surface area contributed by atoms with E-state index in [4.69, 9.17) is 0 Å². The van der Waals surface area contributed by atoms with Crippen LogP contribution in [0.3, 0.4) is 0 Å². The van der Waals surface area contributed by atoms with E-state index in [1.807, 2.05) is 31.3 Å². The number of carbonyl (C=O) groups excluding carboxylic acids is 1. The lowest BCUT2D eigenvalue weighted by Crippen LogP contribution is -2.30. The van der Waals surface area contributed by atoms with Gasteiger partial charge in [-0.3, -0.25) is 9.69 Å². The molecule has 130 valence electrons. The molecule has 0 atom stereocenters. The quantitative estimate of drug-likeness (QED) is 0.796. The van der Waals surface area contributed by atoms with Crippen LogP contribution < -0.4 is 5.32 Å². The molecular formula is C16H23F3N2O2. The first-order valence-corrected chi connectivity index (χ1v) is 7.37. The van der Waals surface area contributed by atoms with E-state index >= 15 is 0 Å². The largest absolute Gasteiger partial charge is 0.411 e. The molecule has 0 aliphatic carbocycles. The lowest BCUT2D eigenvalue weighted by atomic mass is 10.1. The molecule has 1 rings (SSSR count). The highest BCUT2D eigenvalue weighted by atomic mass is 19.4. The molecule has 23 heavy (non-hydrogen) atoms. The van der Waals surface area contributed by atoms with E-state index in [-0.39, 0.29) is 6.54 Å². The van der Waals surface area contributed by atoms with E-state index in [2.05, 4.69) is 28.8 Å². The molecule has 1 aromatic carbocycles. The number of benzene rings is 1. The number of hydrogen-bond donors (Lipinski definition) is 1. The summed E-state index contributed by atoms with van der Waals surface area (Å²) in [6.07, 6.45) is -4.42. The number of nitrogens with one attached hydrogen (secondary N) is 1.